The summed E-state index contributed by atoms with van der Waals surface area (Å²) in [6, 6.07) is 0. The number of halogens is 3. The van der Waals surface area contributed by atoms with Crippen molar-refractivity contribution in [3.8, 4) is 51.7 Å². The topological polar surface area (TPSA) is 83.1 Å². The van der Waals surface area contributed by atoms with Crippen LogP contribution in [0, 0.1) is 69.2 Å². The summed E-state index contributed by atoms with van der Waals surface area (Å²) in [4.78, 5) is 0. The molecular formula is C42H57Cl3O9SiTi. The number of ether oxygens (including phenoxy) is 9. The smallest absolute Gasteiger partial charge is 1.00 e. The molecule has 0 heterocycles. The Morgan fingerprint density at radius 3 is 0.643 bits per heavy atom. The zero-order valence-corrected chi connectivity index (χ0v) is 41.1. The molecule has 0 spiro atoms. The molecule has 0 unspecified atom stereocenters. The van der Waals surface area contributed by atoms with Crippen molar-refractivity contribution in [2.24, 2.45) is 0 Å². The van der Waals surface area contributed by atoms with E-state index in [4.69, 9.17) is 42.6 Å². The summed E-state index contributed by atoms with van der Waals surface area (Å²) >= 11 is 0. The van der Waals surface area contributed by atoms with Crippen LogP contribution in [0.3, 0.4) is 0 Å². The fraction of sp³-hybridized carbons (Fsp3) is 0.452. The average molecular weight is 888 g/mol. The summed E-state index contributed by atoms with van der Waals surface area (Å²) in [5.41, 5.74) is 9.76. The minimum absolute atomic E-state index is 0. The maximum atomic E-state index is 6.58. The first-order valence-electron chi connectivity index (χ1n) is 17.3. The molecule has 0 aliphatic heterocycles. The summed E-state index contributed by atoms with van der Waals surface area (Å²) in [6.07, 6.45) is 0. The van der Waals surface area contributed by atoms with Gasteiger partial charge in [-0.25, -0.2) is 0 Å². The second-order valence-electron chi connectivity index (χ2n) is 13.3. The Bertz CT molecular complexity index is 1840. The maximum absolute atomic E-state index is 6.58. The molecule has 0 N–H and O–H groups in total. The van der Waals surface area contributed by atoms with Crippen molar-refractivity contribution < 1.29 is 102 Å². The molecule has 14 heteroatoms. The van der Waals surface area contributed by atoms with Crippen LogP contribution >= 0.6 is 0 Å². The summed E-state index contributed by atoms with van der Waals surface area (Å²) in [5, 5.41) is 4.06. The first-order chi connectivity index (χ1) is 24.6. The first kappa shape index (κ1) is 53.0. The zero-order valence-electron chi connectivity index (χ0n) is 36.3. The third-order valence-electron chi connectivity index (χ3n) is 11.3. The Labute approximate surface area is 368 Å². The van der Waals surface area contributed by atoms with Crippen LogP contribution in [0.2, 0.25) is 0 Å². The van der Waals surface area contributed by atoms with Crippen LogP contribution in [0.15, 0.2) is 0 Å². The number of hydrogen-bond donors (Lipinski definition) is 0. The molecular weight excluding hydrogens is 831 g/mol. The Balaban J connectivity index is 0.00000756. The summed E-state index contributed by atoms with van der Waals surface area (Å²) in [7, 11) is 11.3. The molecule has 308 valence electrons. The van der Waals surface area contributed by atoms with Gasteiger partial charge in [0.1, 0.15) is 25.3 Å². The van der Waals surface area contributed by atoms with E-state index in [1.165, 1.54) is 27.4 Å². The summed E-state index contributed by atoms with van der Waals surface area (Å²) < 4.78 is 56.6. The van der Waals surface area contributed by atoms with Crippen molar-refractivity contribution in [3.05, 3.63) is 55.6 Å². The standard InChI is InChI=1S/C42H57O9Si.3ClH.Ti/c1-20-21(2)23(4)39(22(20)3)52(40-27(8)33(46-14)30(43-11)24(5)36(40)49-17,41-28(9)34(47-15)31(44-12)25(6)37(41)50-18)42-29(10)35(48-16)32(45-13)26(7)38(42)51-19;;;;/h1-19H3;3*1H;/q-1;;;;+4/p-3. The van der Waals surface area contributed by atoms with E-state index < -0.39 is 8.07 Å². The van der Waals surface area contributed by atoms with Crippen LogP contribution in [-0.2, 0) is 21.7 Å². The predicted octanol–water partition coefficient (Wildman–Crippen LogP) is -3.05. The van der Waals surface area contributed by atoms with Gasteiger partial charge in [-0.1, -0.05) is 27.7 Å². The fourth-order valence-electron chi connectivity index (χ4n) is 8.87. The molecule has 0 saturated heterocycles. The molecule has 0 aliphatic carbocycles. The third kappa shape index (κ3) is 7.43. The van der Waals surface area contributed by atoms with Crippen LogP contribution in [0.1, 0.15) is 55.6 Å². The van der Waals surface area contributed by atoms with E-state index in [-0.39, 0.29) is 58.9 Å². The molecule has 4 rings (SSSR count). The van der Waals surface area contributed by atoms with Crippen molar-refractivity contribution >= 4 is 28.8 Å². The van der Waals surface area contributed by atoms with Gasteiger partial charge in [0.15, 0.2) is 34.5 Å². The second kappa shape index (κ2) is 20.6. The van der Waals surface area contributed by atoms with Gasteiger partial charge in [0.2, 0.25) is 0 Å². The van der Waals surface area contributed by atoms with Crippen LogP contribution in [0.4, 0.5) is 0 Å². The van der Waals surface area contributed by atoms with E-state index >= 15 is 0 Å². The van der Waals surface area contributed by atoms with Gasteiger partial charge >= 0.3 is 21.7 Å². The van der Waals surface area contributed by atoms with Gasteiger partial charge in [0.05, 0.1) is 64.0 Å². The monoisotopic (exact) mass is 886 g/mol. The second-order valence-corrected chi connectivity index (χ2v) is 16.8. The zero-order chi connectivity index (χ0) is 39.1. The van der Waals surface area contributed by atoms with Gasteiger partial charge in [-0.05, 0) is 73.8 Å². The van der Waals surface area contributed by atoms with Crippen molar-refractivity contribution in [3.63, 3.8) is 0 Å². The average Bonchev–Trinajstić information content (AvgIpc) is 3.32. The van der Waals surface area contributed by atoms with Gasteiger partial charge < -0.3 is 79.9 Å². The van der Waals surface area contributed by atoms with Gasteiger partial charge in [-0.15, -0.1) is 5.19 Å². The van der Waals surface area contributed by atoms with Gasteiger partial charge in [0.25, 0.3) is 0 Å². The molecule has 0 aliphatic rings. The van der Waals surface area contributed by atoms with Crippen LogP contribution < -0.4 is 101 Å². The van der Waals surface area contributed by atoms with E-state index in [1.807, 2.05) is 20.8 Å². The minimum atomic E-state index is -3.86. The maximum Gasteiger partial charge on any atom is 4.00 e. The number of hydrogen-bond acceptors (Lipinski definition) is 9. The predicted molar refractivity (Wildman–Crippen MR) is 212 cm³/mol. The third-order valence-corrected chi connectivity index (χ3v) is 16.8. The SMILES string of the molecule is COc1c(C)c(OC)c([Si](c2c(C)c(OC)c(OC)c(C)c2OC)(c2c(C)c(OC)c(OC)c(C)c2OC)[c-]2c(C)c(C)c(C)c2C)c(C)c1OC.[Cl-].[Cl-].[Cl-].[Ti+4]. The molecule has 9 nitrogen and oxygen atoms in total. The van der Waals surface area contributed by atoms with Gasteiger partial charge in [0, 0.05) is 16.7 Å². The van der Waals surface area contributed by atoms with Crippen molar-refractivity contribution in [2.45, 2.75) is 69.2 Å². The van der Waals surface area contributed by atoms with Crippen molar-refractivity contribution in [2.75, 3.05) is 64.0 Å². The normalized spacial score (nSPS) is 10.6. The molecule has 0 amide bonds. The van der Waals surface area contributed by atoms with Gasteiger partial charge in [-0.3, -0.25) is 0 Å². The Morgan fingerprint density at radius 1 is 0.286 bits per heavy atom. The Morgan fingerprint density at radius 2 is 0.464 bits per heavy atom. The van der Waals surface area contributed by atoms with Gasteiger partial charge in [-0.2, -0.15) is 22.3 Å². The molecule has 4 aromatic rings. The number of methoxy groups -OCH3 is 9. The van der Waals surface area contributed by atoms with E-state index in [0.29, 0.717) is 51.7 Å². The molecule has 56 heavy (non-hydrogen) atoms. The first-order valence-corrected chi connectivity index (χ1v) is 19.3. The Kier molecular flexibility index (Phi) is 19.5. The summed E-state index contributed by atoms with van der Waals surface area (Å²) in [5.74, 6) is 5.70. The molecule has 0 fully saturated rings. The number of rotatable bonds is 13. The summed E-state index contributed by atoms with van der Waals surface area (Å²) in [6.45, 7) is 21.1. The molecule has 0 saturated carbocycles. The largest absolute Gasteiger partial charge is 4.00 e. The van der Waals surface area contributed by atoms with E-state index in [1.54, 1.807) is 64.0 Å². The molecule has 0 aromatic heterocycles. The molecule has 0 atom stereocenters. The van der Waals surface area contributed by atoms with Crippen molar-refractivity contribution in [1.82, 2.24) is 0 Å². The molecule has 0 radical (unpaired) electrons. The minimum Gasteiger partial charge on any atom is -1.00 e. The van der Waals surface area contributed by atoms with Crippen LogP contribution in [-0.4, -0.2) is 72.1 Å². The van der Waals surface area contributed by atoms with E-state index in [0.717, 1.165) is 48.9 Å². The molecule has 4 aromatic carbocycles. The van der Waals surface area contributed by atoms with Crippen LogP contribution in [0.25, 0.3) is 0 Å². The quantitative estimate of drug-likeness (QED) is 0.0792. The van der Waals surface area contributed by atoms with Crippen molar-refractivity contribution in [1.29, 1.82) is 0 Å². The fourth-order valence-corrected chi connectivity index (χ4v) is 15.8. The molecule has 0 bridgehead atoms. The van der Waals surface area contributed by atoms with Crippen LogP contribution in [0.5, 0.6) is 51.7 Å². The number of benzene rings is 3. The van der Waals surface area contributed by atoms with E-state index in [2.05, 4.69) is 48.5 Å². The Hall–Kier alpha value is -2.99. The van der Waals surface area contributed by atoms with E-state index in [9.17, 15) is 0 Å².